The molecule has 0 spiro atoms. The van der Waals surface area contributed by atoms with Gasteiger partial charge in [-0.15, -0.1) is 0 Å². The molecule has 0 aliphatic carbocycles. The summed E-state index contributed by atoms with van der Waals surface area (Å²) < 4.78 is 1.58. The summed E-state index contributed by atoms with van der Waals surface area (Å²) in [6.07, 6.45) is 4.87. The van der Waals surface area contributed by atoms with E-state index in [1.54, 1.807) is 41.2 Å². The molecule has 5 rings (SSSR count). The van der Waals surface area contributed by atoms with Crippen molar-refractivity contribution in [3.8, 4) is 5.88 Å². The maximum absolute atomic E-state index is 11.5. The zero-order valence-electron chi connectivity index (χ0n) is 17.0. The molecule has 0 aliphatic rings. The number of halogens is 1. The molecule has 0 saturated carbocycles. The molecule has 0 unspecified atom stereocenters. The van der Waals surface area contributed by atoms with Crippen LogP contribution in [-0.4, -0.2) is 34.7 Å². The maximum Gasteiger partial charge on any atom is 0.326 e. The van der Waals surface area contributed by atoms with Gasteiger partial charge in [0, 0.05) is 28.2 Å². The molecule has 0 amide bonds. The van der Waals surface area contributed by atoms with Gasteiger partial charge in [0.05, 0.1) is 18.4 Å². The van der Waals surface area contributed by atoms with E-state index in [0.717, 1.165) is 11.4 Å². The van der Waals surface area contributed by atoms with Gasteiger partial charge in [0.2, 0.25) is 5.88 Å². The summed E-state index contributed by atoms with van der Waals surface area (Å²) in [5.74, 6) is 0.249. The lowest BCUT2D eigenvalue weighted by molar-refractivity contribution is 0.454. The fraction of sp³-hybridized carbons (Fsp3) is 0.0455. The van der Waals surface area contributed by atoms with Crippen molar-refractivity contribution in [2.75, 3.05) is 5.32 Å². The van der Waals surface area contributed by atoms with Gasteiger partial charge in [-0.2, -0.15) is 9.61 Å². The number of nitrogens with one attached hydrogen (secondary N) is 3. The number of aromatic amines is 2. The number of hydrogen-bond acceptors (Lipinski definition) is 7. The van der Waals surface area contributed by atoms with E-state index in [9.17, 15) is 9.90 Å². The fourth-order valence-corrected chi connectivity index (χ4v) is 3.45. The first-order chi connectivity index (χ1) is 16.0. The van der Waals surface area contributed by atoms with Crippen LogP contribution in [0.3, 0.4) is 0 Å². The number of imidazole rings is 1. The highest BCUT2D eigenvalue weighted by atomic mass is 35.5. The van der Waals surface area contributed by atoms with Gasteiger partial charge in [-0.1, -0.05) is 23.7 Å². The molecule has 10 nitrogen and oxygen atoms in total. The highest BCUT2D eigenvalue weighted by Gasteiger charge is 2.09. The number of rotatable bonds is 5. The van der Waals surface area contributed by atoms with E-state index < -0.39 is 5.69 Å². The summed E-state index contributed by atoms with van der Waals surface area (Å²) in [5, 5.41) is 18.7. The second-order valence-electron chi connectivity index (χ2n) is 7.09. The lowest BCUT2D eigenvalue weighted by Gasteiger charge is -2.07. The Kier molecular flexibility index (Phi) is 5.33. The normalized spacial score (nSPS) is 12.5. The molecule has 4 N–H and O–H groups in total. The SMILES string of the molecule is O=c1[nH]c(O)c(/C=c2\cnn3c(=NCc4ccccn4)cc(Nc4cccc(Cl)c4)nc23)[nH]1. The predicted molar refractivity (Wildman–Crippen MR) is 123 cm³/mol. The van der Waals surface area contributed by atoms with Crippen LogP contribution in [0.1, 0.15) is 11.4 Å². The van der Waals surface area contributed by atoms with Crippen LogP contribution in [0.4, 0.5) is 11.5 Å². The average Bonchev–Trinajstić information content (AvgIpc) is 3.35. The molecule has 11 heteroatoms. The molecule has 164 valence electrons. The quantitative estimate of drug-likeness (QED) is 0.316. The van der Waals surface area contributed by atoms with Crippen molar-refractivity contribution in [2.24, 2.45) is 4.99 Å². The molecule has 0 fully saturated rings. The van der Waals surface area contributed by atoms with Crippen LogP contribution in [-0.2, 0) is 6.54 Å². The lowest BCUT2D eigenvalue weighted by atomic mass is 10.3. The van der Waals surface area contributed by atoms with Crippen LogP contribution in [0, 0.1) is 0 Å². The van der Waals surface area contributed by atoms with Crippen LogP contribution in [0.25, 0.3) is 11.7 Å². The summed E-state index contributed by atoms with van der Waals surface area (Å²) in [4.78, 5) is 29.9. The van der Waals surface area contributed by atoms with Gasteiger partial charge >= 0.3 is 5.69 Å². The van der Waals surface area contributed by atoms with E-state index in [-0.39, 0.29) is 11.6 Å². The second kappa shape index (κ2) is 8.60. The minimum absolute atomic E-state index is 0.219. The Balaban J connectivity index is 1.66. The summed E-state index contributed by atoms with van der Waals surface area (Å²) in [6, 6.07) is 14.7. The highest BCUT2D eigenvalue weighted by molar-refractivity contribution is 6.30. The number of benzene rings is 1. The number of fused-ring (bicyclic) bond motifs is 1. The van der Waals surface area contributed by atoms with Gasteiger partial charge in [0.15, 0.2) is 11.1 Å². The molecule has 4 aromatic heterocycles. The third-order valence-corrected chi connectivity index (χ3v) is 4.98. The van der Waals surface area contributed by atoms with Gasteiger partial charge < -0.3 is 15.4 Å². The number of H-pyrrole nitrogens is 2. The Labute approximate surface area is 191 Å². The lowest BCUT2D eigenvalue weighted by Crippen LogP contribution is -2.19. The summed E-state index contributed by atoms with van der Waals surface area (Å²) in [7, 11) is 0. The van der Waals surface area contributed by atoms with Crippen molar-refractivity contribution in [3.05, 3.63) is 98.5 Å². The number of aromatic nitrogens is 6. The number of pyridine rings is 1. The monoisotopic (exact) mass is 460 g/mol. The Morgan fingerprint density at radius 1 is 1.18 bits per heavy atom. The smallest absolute Gasteiger partial charge is 0.326 e. The third-order valence-electron chi connectivity index (χ3n) is 4.74. The van der Waals surface area contributed by atoms with Gasteiger partial charge in [0.25, 0.3) is 0 Å². The highest BCUT2D eigenvalue weighted by Crippen LogP contribution is 2.18. The van der Waals surface area contributed by atoms with E-state index in [2.05, 4.69) is 35.3 Å². The average molecular weight is 461 g/mol. The second-order valence-corrected chi connectivity index (χ2v) is 7.53. The summed E-state index contributed by atoms with van der Waals surface area (Å²) in [5.41, 5.74) is 2.28. The predicted octanol–water partition coefficient (Wildman–Crippen LogP) is 1.89. The molecule has 0 radical (unpaired) electrons. The Bertz CT molecular complexity index is 1620. The Hall–Kier alpha value is -4.44. The fourth-order valence-electron chi connectivity index (χ4n) is 3.26. The minimum Gasteiger partial charge on any atom is -0.493 e. The molecule has 1 aromatic carbocycles. The zero-order chi connectivity index (χ0) is 22.8. The molecule has 0 bridgehead atoms. The van der Waals surface area contributed by atoms with E-state index in [1.165, 1.54) is 0 Å². The van der Waals surface area contributed by atoms with Gasteiger partial charge in [-0.05, 0) is 36.4 Å². The van der Waals surface area contributed by atoms with Crippen molar-refractivity contribution in [1.29, 1.82) is 0 Å². The van der Waals surface area contributed by atoms with Crippen LogP contribution >= 0.6 is 11.6 Å². The summed E-state index contributed by atoms with van der Waals surface area (Å²) in [6.45, 7) is 0.349. The van der Waals surface area contributed by atoms with Crippen molar-refractivity contribution in [2.45, 2.75) is 6.54 Å². The topological polar surface area (TPSA) is 136 Å². The molecule has 0 aliphatic heterocycles. The summed E-state index contributed by atoms with van der Waals surface area (Å²) >= 11 is 6.11. The van der Waals surface area contributed by atoms with Crippen LogP contribution in [0.15, 0.2) is 70.7 Å². The molecular formula is C22H17ClN8O2. The van der Waals surface area contributed by atoms with Crippen LogP contribution in [0.2, 0.25) is 5.02 Å². The standard InChI is InChI=1S/C22H17ClN8O2/c23-14-4-3-6-15(9-14)27-18-10-19(25-12-16-5-1-2-7-24-16)31-20(29-18)13(11-26-31)8-17-21(32)30-22(33)28-17/h1-11,27,32H,12H2,(H2,28,30,33)/b13-8+,25-19?. The molecular weight excluding hydrogens is 444 g/mol. The van der Waals surface area contributed by atoms with E-state index in [0.29, 0.717) is 33.7 Å². The van der Waals surface area contributed by atoms with Crippen molar-refractivity contribution in [1.82, 2.24) is 29.5 Å². The van der Waals surface area contributed by atoms with Crippen molar-refractivity contribution in [3.63, 3.8) is 0 Å². The van der Waals surface area contributed by atoms with Crippen LogP contribution < -0.4 is 21.7 Å². The molecule has 0 atom stereocenters. The number of nitrogens with zero attached hydrogens (tertiary/aromatic N) is 5. The minimum atomic E-state index is -0.516. The van der Waals surface area contributed by atoms with Gasteiger partial charge in [0.1, 0.15) is 11.5 Å². The van der Waals surface area contributed by atoms with E-state index >= 15 is 0 Å². The van der Waals surface area contributed by atoms with Crippen LogP contribution in [0.5, 0.6) is 5.88 Å². The molecule has 4 heterocycles. The van der Waals surface area contributed by atoms with Gasteiger partial charge in [-0.25, -0.2) is 9.78 Å². The largest absolute Gasteiger partial charge is 0.493 e. The number of hydrogen-bond donors (Lipinski definition) is 4. The first-order valence-corrected chi connectivity index (χ1v) is 10.3. The van der Waals surface area contributed by atoms with Crippen molar-refractivity contribution >= 4 is 34.8 Å². The third kappa shape index (κ3) is 4.46. The van der Waals surface area contributed by atoms with Gasteiger partial charge in [-0.3, -0.25) is 15.0 Å². The van der Waals surface area contributed by atoms with E-state index in [4.69, 9.17) is 11.6 Å². The Morgan fingerprint density at radius 2 is 2.09 bits per heavy atom. The van der Waals surface area contributed by atoms with Crippen molar-refractivity contribution < 1.29 is 5.11 Å². The molecule has 33 heavy (non-hydrogen) atoms. The molecule has 5 aromatic rings. The Morgan fingerprint density at radius 3 is 2.85 bits per heavy atom. The van der Waals surface area contributed by atoms with E-state index in [1.807, 2.05) is 30.3 Å². The zero-order valence-corrected chi connectivity index (χ0v) is 17.8. The number of aromatic hydroxyl groups is 1. The first-order valence-electron chi connectivity index (χ1n) is 9.90. The molecule has 0 saturated heterocycles. The number of anilines is 2. The maximum atomic E-state index is 11.5. The first kappa shape index (κ1) is 20.5.